The first kappa shape index (κ1) is 20.6. The van der Waals surface area contributed by atoms with Crippen molar-refractivity contribution in [3.05, 3.63) is 69.8 Å². The number of sulfone groups is 1. The van der Waals surface area contributed by atoms with Crippen LogP contribution in [0.15, 0.2) is 52.9 Å². The number of carbonyl (C=O) groups is 1. The molecule has 0 radical (unpaired) electrons. The van der Waals surface area contributed by atoms with Gasteiger partial charge in [0.1, 0.15) is 5.37 Å². The molecule has 7 heteroatoms. The number of aliphatic carboxylic acids is 1. The van der Waals surface area contributed by atoms with Crippen LogP contribution in [0.5, 0.6) is 0 Å². The van der Waals surface area contributed by atoms with Gasteiger partial charge in [0.05, 0.1) is 4.90 Å². The highest BCUT2D eigenvalue weighted by Gasteiger charge is 2.35. The van der Waals surface area contributed by atoms with Crippen LogP contribution < -0.4 is 5.73 Å². The minimum absolute atomic E-state index is 0.165. The maximum absolute atomic E-state index is 12.9. The molecule has 28 heavy (non-hydrogen) atoms. The van der Waals surface area contributed by atoms with Crippen molar-refractivity contribution < 1.29 is 18.3 Å². The van der Waals surface area contributed by atoms with E-state index in [0.29, 0.717) is 29.9 Å². The summed E-state index contributed by atoms with van der Waals surface area (Å²) in [7, 11) is -3.67. The van der Waals surface area contributed by atoms with Crippen molar-refractivity contribution in [2.45, 2.75) is 36.5 Å². The Morgan fingerprint density at radius 1 is 1.21 bits per heavy atom. The Balaban J connectivity index is 1.82. The number of hydrogen-bond acceptors (Lipinski definition) is 4. The Labute approximate surface area is 169 Å². The van der Waals surface area contributed by atoms with Gasteiger partial charge >= 0.3 is 5.97 Å². The molecule has 3 rings (SSSR count). The molecule has 2 aromatic carbocycles. The summed E-state index contributed by atoms with van der Waals surface area (Å²) in [6.45, 7) is 1.80. The summed E-state index contributed by atoms with van der Waals surface area (Å²) in [5, 5.41) is 8.64. The predicted octanol–water partition coefficient (Wildman–Crippen LogP) is 3.69. The highest BCUT2D eigenvalue weighted by atomic mass is 35.5. The lowest BCUT2D eigenvalue weighted by molar-refractivity contribution is -0.132. The monoisotopic (exact) mass is 419 g/mol. The highest BCUT2D eigenvalue weighted by molar-refractivity contribution is 7.92. The van der Waals surface area contributed by atoms with Gasteiger partial charge in [0.2, 0.25) is 0 Å². The van der Waals surface area contributed by atoms with Crippen molar-refractivity contribution in [2.24, 2.45) is 11.7 Å². The van der Waals surface area contributed by atoms with Crippen LogP contribution in [0.3, 0.4) is 0 Å². The molecule has 0 aromatic heterocycles. The van der Waals surface area contributed by atoms with Gasteiger partial charge < -0.3 is 10.8 Å². The van der Waals surface area contributed by atoms with E-state index in [-0.39, 0.29) is 10.8 Å². The Morgan fingerprint density at radius 3 is 2.46 bits per heavy atom. The standard InChI is InChI=1S/C21H22ClNO4S/c1-2-14(21(24)25)9-13-3-4-15-11-17(12-16(15)10-13)20(23)28(26,27)19-7-5-18(22)6-8-19/h3-10,17,20H,2,11-12,23H2,1H3,(H,24,25). The van der Waals surface area contributed by atoms with Crippen LogP contribution in [-0.4, -0.2) is 24.9 Å². The zero-order valence-corrected chi connectivity index (χ0v) is 17.0. The number of carboxylic acids is 1. The fraction of sp³-hybridized carbons (Fsp3) is 0.286. The molecule has 0 heterocycles. The van der Waals surface area contributed by atoms with Crippen molar-refractivity contribution in [3.8, 4) is 0 Å². The van der Waals surface area contributed by atoms with Crippen LogP contribution in [0.25, 0.3) is 6.08 Å². The van der Waals surface area contributed by atoms with Crippen molar-refractivity contribution in [1.29, 1.82) is 0 Å². The molecule has 2 aromatic rings. The molecule has 0 spiro atoms. The van der Waals surface area contributed by atoms with E-state index in [4.69, 9.17) is 17.3 Å². The number of nitrogens with two attached hydrogens (primary N) is 1. The van der Waals surface area contributed by atoms with E-state index >= 15 is 0 Å². The first-order valence-electron chi connectivity index (χ1n) is 9.03. The maximum atomic E-state index is 12.9. The fourth-order valence-corrected chi connectivity index (χ4v) is 5.20. The van der Waals surface area contributed by atoms with Crippen LogP contribution in [-0.2, 0) is 27.5 Å². The summed E-state index contributed by atoms with van der Waals surface area (Å²) in [6.07, 6.45) is 3.20. The van der Waals surface area contributed by atoms with Gasteiger partial charge in [0, 0.05) is 10.6 Å². The lowest BCUT2D eigenvalue weighted by atomic mass is 10.0. The zero-order chi connectivity index (χ0) is 20.5. The molecule has 0 amide bonds. The molecule has 0 bridgehead atoms. The van der Waals surface area contributed by atoms with Gasteiger partial charge in [-0.15, -0.1) is 0 Å². The Bertz CT molecular complexity index is 1030. The Kier molecular flexibility index (Phi) is 5.93. The number of hydrogen-bond donors (Lipinski definition) is 2. The summed E-state index contributed by atoms with van der Waals surface area (Å²) in [4.78, 5) is 11.4. The number of carboxylic acid groups (broad SMARTS) is 1. The average molecular weight is 420 g/mol. The number of benzene rings is 2. The third-order valence-corrected chi connectivity index (χ3v) is 7.44. The van der Waals surface area contributed by atoms with E-state index in [0.717, 1.165) is 16.7 Å². The second-order valence-electron chi connectivity index (χ2n) is 6.99. The molecule has 2 unspecified atom stereocenters. The first-order chi connectivity index (χ1) is 13.2. The largest absolute Gasteiger partial charge is 0.478 e. The fourth-order valence-electron chi connectivity index (χ4n) is 3.55. The summed E-state index contributed by atoms with van der Waals surface area (Å²) in [5.41, 5.74) is 9.37. The maximum Gasteiger partial charge on any atom is 0.331 e. The van der Waals surface area contributed by atoms with Crippen LogP contribution in [0, 0.1) is 5.92 Å². The molecular weight excluding hydrogens is 398 g/mol. The van der Waals surface area contributed by atoms with Gasteiger partial charge in [-0.3, -0.25) is 0 Å². The van der Waals surface area contributed by atoms with Crippen LogP contribution in [0.2, 0.25) is 5.02 Å². The van der Waals surface area contributed by atoms with Crippen LogP contribution in [0.1, 0.15) is 30.0 Å². The first-order valence-corrected chi connectivity index (χ1v) is 11.0. The van der Waals surface area contributed by atoms with Crippen molar-refractivity contribution in [3.63, 3.8) is 0 Å². The van der Waals surface area contributed by atoms with E-state index in [1.165, 1.54) is 24.3 Å². The second kappa shape index (κ2) is 8.07. The summed E-state index contributed by atoms with van der Waals surface area (Å²) >= 11 is 5.84. The Morgan fingerprint density at radius 2 is 1.86 bits per heavy atom. The highest BCUT2D eigenvalue weighted by Crippen LogP contribution is 2.33. The third-order valence-electron chi connectivity index (χ3n) is 5.16. The van der Waals surface area contributed by atoms with Crippen LogP contribution >= 0.6 is 11.6 Å². The van der Waals surface area contributed by atoms with Crippen molar-refractivity contribution in [2.75, 3.05) is 0 Å². The zero-order valence-electron chi connectivity index (χ0n) is 15.4. The summed E-state index contributed by atoms with van der Waals surface area (Å²) in [5.74, 6) is -1.17. The van der Waals surface area contributed by atoms with Gasteiger partial charge in [-0.25, -0.2) is 13.2 Å². The van der Waals surface area contributed by atoms with Gasteiger partial charge in [-0.2, -0.15) is 0 Å². The minimum atomic E-state index is -3.67. The van der Waals surface area contributed by atoms with Gasteiger partial charge in [0.25, 0.3) is 0 Å². The molecule has 3 N–H and O–H groups in total. The molecular formula is C21H22ClNO4S. The van der Waals surface area contributed by atoms with E-state index in [9.17, 15) is 18.3 Å². The molecule has 0 aliphatic heterocycles. The second-order valence-corrected chi connectivity index (χ2v) is 9.53. The molecule has 1 aliphatic rings. The summed E-state index contributed by atoms with van der Waals surface area (Å²) < 4.78 is 25.7. The van der Waals surface area contributed by atoms with Gasteiger partial charge in [-0.05, 0) is 72.2 Å². The van der Waals surface area contributed by atoms with Crippen molar-refractivity contribution in [1.82, 2.24) is 0 Å². The molecule has 0 fully saturated rings. The summed E-state index contributed by atoms with van der Waals surface area (Å²) in [6, 6.07) is 11.7. The topological polar surface area (TPSA) is 97.5 Å². The van der Waals surface area contributed by atoms with E-state index in [1.807, 2.05) is 18.2 Å². The smallest absolute Gasteiger partial charge is 0.331 e. The number of fused-ring (bicyclic) bond motifs is 1. The minimum Gasteiger partial charge on any atom is -0.478 e. The van der Waals surface area contributed by atoms with E-state index in [1.54, 1.807) is 13.0 Å². The van der Waals surface area contributed by atoms with E-state index < -0.39 is 21.2 Å². The number of halogens is 1. The molecule has 0 saturated carbocycles. The lowest BCUT2D eigenvalue weighted by Crippen LogP contribution is -2.38. The van der Waals surface area contributed by atoms with E-state index in [2.05, 4.69) is 0 Å². The lowest BCUT2D eigenvalue weighted by Gasteiger charge is -2.19. The Hall–Kier alpha value is -2.15. The quantitative estimate of drug-likeness (QED) is 0.696. The molecule has 1 aliphatic carbocycles. The van der Waals surface area contributed by atoms with Gasteiger partial charge in [0.15, 0.2) is 9.84 Å². The SMILES string of the molecule is CCC(=Cc1ccc2c(c1)CC(C(N)S(=O)(=O)c1ccc(Cl)cc1)C2)C(=O)O. The third kappa shape index (κ3) is 4.14. The normalized spacial score (nSPS) is 18.0. The predicted molar refractivity (Wildman–Crippen MR) is 110 cm³/mol. The van der Waals surface area contributed by atoms with Gasteiger partial charge in [-0.1, -0.05) is 36.7 Å². The average Bonchev–Trinajstić information content (AvgIpc) is 3.08. The van der Waals surface area contributed by atoms with Crippen molar-refractivity contribution >= 4 is 33.5 Å². The molecule has 5 nitrogen and oxygen atoms in total. The molecule has 2 atom stereocenters. The molecule has 148 valence electrons. The number of rotatable bonds is 6. The van der Waals surface area contributed by atoms with Crippen LogP contribution in [0.4, 0.5) is 0 Å². The molecule has 0 saturated heterocycles.